The molecule has 1 aromatic heterocycles. The van der Waals surface area contributed by atoms with Crippen LogP contribution in [0.4, 0.5) is 0 Å². The molecule has 4 nitrogen and oxygen atoms in total. The van der Waals surface area contributed by atoms with E-state index in [1.54, 1.807) is 0 Å². The van der Waals surface area contributed by atoms with Gasteiger partial charge in [0.2, 0.25) is 0 Å². The molecule has 1 aromatic rings. The number of hydrogen-bond acceptors (Lipinski definition) is 4. The summed E-state index contributed by atoms with van der Waals surface area (Å²) in [5.41, 5.74) is 0.772. The van der Waals surface area contributed by atoms with E-state index in [0.717, 1.165) is 30.8 Å². The fraction of sp³-hybridized carbons (Fsp3) is 0.733. The Labute approximate surface area is 125 Å². The molecule has 1 fully saturated rings. The summed E-state index contributed by atoms with van der Waals surface area (Å²) in [5, 5.41) is 0. The molecule has 0 unspecified atom stereocenters. The Bertz CT molecular complexity index is 487. The first-order valence-electron chi connectivity index (χ1n) is 7.38. The lowest BCUT2D eigenvalue weighted by Crippen LogP contribution is -2.38. The zero-order valence-corrected chi connectivity index (χ0v) is 13.4. The summed E-state index contributed by atoms with van der Waals surface area (Å²) in [5.74, 6) is 1.44. The third-order valence-electron chi connectivity index (χ3n) is 3.58. The highest BCUT2D eigenvalue weighted by Crippen LogP contribution is 2.34. The second-order valence-corrected chi connectivity index (χ2v) is 6.15. The van der Waals surface area contributed by atoms with Crippen molar-refractivity contribution in [1.82, 2.24) is 9.97 Å². The summed E-state index contributed by atoms with van der Waals surface area (Å²) in [4.78, 5) is 7.99. The van der Waals surface area contributed by atoms with Crippen molar-refractivity contribution >= 4 is 12.2 Å². The van der Waals surface area contributed by atoms with Gasteiger partial charge in [-0.2, -0.15) is 0 Å². The Kier molecular flexibility index (Phi) is 5.29. The summed E-state index contributed by atoms with van der Waals surface area (Å²) in [6, 6.07) is 1.96. The van der Waals surface area contributed by atoms with Crippen molar-refractivity contribution in [3.63, 3.8) is 0 Å². The van der Waals surface area contributed by atoms with Crippen molar-refractivity contribution in [3.8, 4) is 0 Å². The van der Waals surface area contributed by atoms with E-state index in [9.17, 15) is 0 Å². The first-order chi connectivity index (χ1) is 9.55. The van der Waals surface area contributed by atoms with Crippen molar-refractivity contribution in [3.05, 3.63) is 22.2 Å². The smallest absolute Gasteiger partial charge is 0.140 e. The summed E-state index contributed by atoms with van der Waals surface area (Å²) < 4.78 is 12.2. The Morgan fingerprint density at radius 2 is 2.15 bits per heavy atom. The molecule has 0 amide bonds. The Balaban J connectivity index is 2.37. The van der Waals surface area contributed by atoms with Crippen molar-refractivity contribution in [1.29, 1.82) is 0 Å². The Morgan fingerprint density at radius 3 is 2.75 bits per heavy atom. The molecule has 0 spiro atoms. The zero-order chi connectivity index (χ0) is 14.6. The summed E-state index contributed by atoms with van der Waals surface area (Å²) in [6.45, 7) is 8.49. The topological polar surface area (TPSA) is 47.1 Å². The monoisotopic (exact) mass is 296 g/mol. The molecule has 1 N–H and O–H groups in total. The highest BCUT2D eigenvalue weighted by molar-refractivity contribution is 7.71. The number of aromatic amines is 1. The lowest BCUT2D eigenvalue weighted by atomic mass is 9.92. The number of aromatic nitrogens is 2. The Morgan fingerprint density at radius 1 is 1.45 bits per heavy atom. The average molecular weight is 296 g/mol. The molecule has 0 aromatic carbocycles. The zero-order valence-electron chi connectivity index (χ0n) is 12.6. The first kappa shape index (κ1) is 15.6. The maximum absolute atomic E-state index is 6.05. The van der Waals surface area contributed by atoms with E-state index in [4.69, 9.17) is 21.7 Å². The highest BCUT2D eigenvalue weighted by atomic mass is 32.1. The van der Waals surface area contributed by atoms with E-state index in [2.05, 4.69) is 23.8 Å². The van der Waals surface area contributed by atoms with Gasteiger partial charge < -0.3 is 14.5 Å². The highest BCUT2D eigenvalue weighted by Gasteiger charge is 2.37. The summed E-state index contributed by atoms with van der Waals surface area (Å²) in [6.07, 6.45) is 2.62. The molecule has 0 radical (unpaired) electrons. The van der Waals surface area contributed by atoms with Gasteiger partial charge in [0, 0.05) is 38.4 Å². The van der Waals surface area contributed by atoms with Crippen LogP contribution in [-0.4, -0.2) is 29.8 Å². The van der Waals surface area contributed by atoms with Gasteiger partial charge in [0.15, 0.2) is 0 Å². The van der Waals surface area contributed by atoms with Crippen LogP contribution in [0.5, 0.6) is 0 Å². The van der Waals surface area contributed by atoms with Gasteiger partial charge in [0.25, 0.3) is 0 Å². The number of hydrogen-bond donors (Lipinski definition) is 1. The molecule has 2 rings (SSSR count). The van der Waals surface area contributed by atoms with Gasteiger partial charge in [-0.3, -0.25) is 0 Å². The third kappa shape index (κ3) is 3.65. The van der Waals surface area contributed by atoms with Crippen LogP contribution in [0.1, 0.15) is 45.1 Å². The van der Waals surface area contributed by atoms with E-state index < -0.39 is 0 Å². The number of rotatable bonds is 5. The molecule has 0 saturated carbocycles. The van der Waals surface area contributed by atoms with Gasteiger partial charge in [-0.25, -0.2) is 4.98 Å². The van der Waals surface area contributed by atoms with Crippen LogP contribution in [0.3, 0.4) is 0 Å². The SMILES string of the molecule is CCOC1(c2nc(=S)cc(CC(C)C)[nH]2)CCOCC1. The number of ether oxygens (including phenoxy) is 2. The van der Waals surface area contributed by atoms with Crippen molar-refractivity contribution in [2.24, 2.45) is 5.92 Å². The standard InChI is InChI=1S/C15H24N2O2S/c1-4-19-15(5-7-18-8-6-15)14-16-12(9-11(2)3)10-13(20)17-14/h10-11H,4-9H2,1-3H3,(H,16,17,20). The fourth-order valence-electron chi connectivity index (χ4n) is 2.70. The largest absolute Gasteiger partial charge is 0.381 e. The molecular formula is C15H24N2O2S. The molecule has 5 heteroatoms. The Hall–Kier alpha value is -0.780. The van der Waals surface area contributed by atoms with Gasteiger partial charge in [-0.1, -0.05) is 26.1 Å². The van der Waals surface area contributed by atoms with Crippen LogP contribution in [-0.2, 0) is 21.5 Å². The molecule has 1 aliphatic heterocycles. The van der Waals surface area contributed by atoms with Crippen molar-refractivity contribution < 1.29 is 9.47 Å². The number of nitrogens with zero attached hydrogens (tertiary/aromatic N) is 1. The van der Waals surface area contributed by atoms with E-state index in [0.29, 0.717) is 30.4 Å². The van der Waals surface area contributed by atoms with Crippen LogP contribution in [0.25, 0.3) is 0 Å². The van der Waals surface area contributed by atoms with Crippen LogP contribution in [0.2, 0.25) is 0 Å². The molecule has 1 saturated heterocycles. The lowest BCUT2D eigenvalue weighted by Gasteiger charge is -2.36. The lowest BCUT2D eigenvalue weighted by molar-refractivity contribution is -0.118. The van der Waals surface area contributed by atoms with E-state index in [-0.39, 0.29) is 5.60 Å². The maximum Gasteiger partial charge on any atom is 0.140 e. The molecule has 112 valence electrons. The minimum Gasteiger partial charge on any atom is -0.381 e. The van der Waals surface area contributed by atoms with Crippen LogP contribution in [0.15, 0.2) is 6.07 Å². The van der Waals surface area contributed by atoms with Crippen LogP contribution < -0.4 is 0 Å². The average Bonchev–Trinajstić information content (AvgIpc) is 2.38. The van der Waals surface area contributed by atoms with Crippen LogP contribution >= 0.6 is 12.2 Å². The van der Waals surface area contributed by atoms with Crippen LogP contribution in [0, 0.1) is 10.6 Å². The van der Waals surface area contributed by atoms with E-state index in [1.807, 2.05) is 13.0 Å². The predicted molar refractivity (Wildman–Crippen MR) is 81.3 cm³/mol. The molecular weight excluding hydrogens is 272 g/mol. The molecule has 0 aliphatic carbocycles. The van der Waals surface area contributed by atoms with Crippen molar-refractivity contribution in [2.45, 2.75) is 45.6 Å². The second-order valence-electron chi connectivity index (χ2n) is 5.73. The third-order valence-corrected chi connectivity index (χ3v) is 3.79. The minimum absolute atomic E-state index is 0.368. The normalized spacial score (nSPS) is 18.4. The maximum atomic E-state index is 6.05. The first-order valence-corrected chi connectivity index (χ1v) is 7.79. The number of nitrogens with one attached hydrogen (secondary N) is 1. The molecule has 1 aliphatic rings. The molecule has 20 heavy (non-hydrogen) atoms. The van der Waals surface area contributed by atoms with E-state index in [1.165, 1.54) is 0 Å². The van der Waals surface area contributed by atoms with Gasteiger partial charge in [0.05, 0.1) is 0 Å². The van der Waals surface area contributed by atoms with Gasteiger partial charge in [-0.15, -0.1) is 0 Å². The van der Waals surface area contributed by atoms with Gasteiger partial charge >= 0.3 is 0 Å². The fourth-order valence-corrected chi connectivity index (χ4v) is 2.93. The molecule has 0 atom stereocenters. The molecule has 2 heterocycles. The van der Waals surface area contributed by atoms with Crippen molar-refractivity contribution in [2.75, 3.05) is 19.8 Å². The van der Waals surface area contributed by atoms with E-state index >= 15 is 0 Å². The molecule has 0 bridgehead atoms. The number of H-pyrrole nitrogens is 1. The van der Waals surface area contributed by atoms with Gasteiger partial charge in [0.1, 0.15) is 16.1 Å². The minimum atomic E-state index is -0.368. The van der Waals surface area contributed by atoms with Gasteiger partial charge in [-0.05, 0) is 25.3 Å². The quantitative estimate of drug-likeness (QED) is 0.846. The predicted octanol–water partition coefficient (Wildman–Crippen LogP) is 3.38. The summed E-state index contributed by atoms with van der Waals surface area (Å²) >= 11 is 5.33. The summed E-state index contributed by atoms with van der Waals surface area (Å²) in [7, 11) is 0. The second kappa shape index (κ2) is 6.78.